The van der Waals surface area contributed by atoms with Crippen LogP contribution < -0.4 is 10.6 Å². The molecule has 6 nitrogen and oxygen atoms in total. The monoisotopic (exact) mass is 310 g/mol. The minimum atomic E-state index is -0.390. The molecule has 2 N–H and O–H groups in total. The summed E-state index contributed by atoms with van der Waals surface area (Å²) in [6.45, 7) is 4.33. The Labute approximate surface area is 131 Å². The van der Waals surface area contributed by atoms with E-state index in [4.69, 9.17) is 9.47 Å². The Morgan fingerprint density at radius 1 is 1.36 bits per heavy atom. The molecule has 0 bridgehead atoms. The highest BCUT2D eigenvalue weighted by molar-refractivity contribution is 5.76. The summed E-state index contributed by atoms with van der Waals surface area (Å²) in [6.07, 6.45) is 7.17. The molecule has 2 aliphatic rings. The molecular formula is C16H26N2O4. The van der Waals surface area contributed by atoms with Crippen molar-refractivity contribution in [3.8, 4) is 0 Å². The molecule has 22 heavy (non-hydrogen) atoms. The largest absolute Gasteiger partial charge is 0.468 e. The maximum Gasteiger partial charge on any atom is 0.407 e. The van der Waals surface area contributed by atoms with Crippen LogP contribution in [0.25, 0.3) is 0 Å². The number of carbonyl (C=O) groups excluding carboxylic acids is 2. The van der Waals surface area contributed by atoms with Crippen molar-refractivity contribution < 1.29 is 19.1 Å². The third kappa shape index (κ3) is 4.47. The highest BCUT2D eigenvalue weighted by Gasteiger charge is 2.32. The van der Waals surface area contributed by atoms with Gasteiger partial charge in [0.25, 0.3) is 0 Å². The summed E-state index contributed by atoms with van der Waals surface area (Å²) in [6, 6.07) is -0.448. The number of hydrogen-bond donors (Lipinski definition) is 2. The van der Waals surface area contributed by atoms with Crippen LogP contribution in [0.5, 0.6) is 0 Å². The van der Waals surface area contributed by atoms with Gasteiger partial charge in [0.15, 0.2) is 0 Å². The van der Waals surface area contributed by atoms with Gasteiger partial charge in [-0.3, -0.25) is 4.79 Å². The fourth-order valence-corrected chi connectivity index (χ4v) is 3.32. The van der Waals surface area contributed by atoms with Crippen molar-refractivity contribution in [1.29, 1.82) is 0 Å². The highest BCUT2D eigenvalue weighted by atomic mass is 16.6. The van der Waals surface area contributed by atoms with E-state index in [1.54, 1.807) is 0 Å². The van der Waals surface area contributed by atoms with Crippen molar-refractivity contribution in [2.45, 2.75) is 56.7 Å². The summed E-state index contributed by atoms with van der Waals surface area (Å²) < 4.78 is 10.3. The number of alkyl carbamates (subject to hydrolysis) is 1. The molecule has 6 heteroatoms. The standard InChI is InChI=1S/C16H26N2O4/c1-3-6-11-7-4-5-8-14(11)22-16(20)18-12-9-13(17-10-12)15(19)21-2/h3,11-14,17H,1,4-10H2,2H3,(H,18,20)/t11?,12?,13-,14?/m0/s1. The van der Waals surface area contributed by atoms with Gasteiger partial charge < -0.3 is 20.1 Å². The van der Waals surface area contributed by atoms with E-state index in [0.717, 1.165) is 25.7 Å². The van der Waals surface area contributed by atoms with Crippen molar-refractivity contribution in [2.75, 3.05) is 13.7 Å². The number of ether oxygens (including phenoxy) is 2. The van der Waals surface area contributed by atoms with E-state index in [9.17, 15) is 9.59 Å². The Kier molecular flexibility index (Phi) is 6.24. The molecule has 0 aromatic rings. The van der Waals surface area contributed by atoms with E-state index < -0.39 is 6.09 Å². The number of allylic oxidation sites excluding steroid dienone is 1. The zero-order valence-corrected chi connectivity index (χ0v) is 13.2. The molecule has 2 fully saturated rings. The van der Waals surface area contributed by atoms with Crippen LogP contribution in [-0.4, -0.2) is 43.9 Å². The number of amides is 1. The van der Waals surface area contributed by atoms with Crippen LogP contribution in [0, 0.1) is 5.92 Å². The molecule has 1 aliphatic heterocycles. The first kappa shape index (κ1) is 16.8. The number of esters is 1. The molecular weight excluding hydrogens is 284 g/mol. The SMILES string of the molecule is C=CCC1CCCCC1OC(=O)NC1CN[C@H](C(=O)OC)C1. The predicted molar refractivity (Wildman–Crippen MR) is 82.4 cm³/mol. The van der Waals surface area contributed by atoms with Crippen LogP contribution in [0.4, 0.5) is 4.79 Å². The maximum absolute atomic E-state index is 12.1. The van der Waals surface area contributed by atoms with Gasteiger partial charge in [-0.05, 0) is 38.0 Å². The summed E-state index contributed by atoms with van der Waals surface area (Å²) >= 11 is 0. The van der Waals surface area contributed by atoms with Crippen molar-refractivity contribution in [1.82, 2.24) is 10.6 Å². The lowest BCUT2D eigenvalue weighted by Crippen LogP contribution is -2.40. The van der Waals surface area contributed by atoms with Gasteiger partial charge in [0.05, 0.1) is 7.11 Å². The van der Waals surface area contributed by atoms with Crippen molar-refractivity contribution in [3.05, 3.63) is 12.7 Å². The van der Waals surface area contributed by atoms with E-state index in [0.29, 0.717) is 18.9 Å². The van der Waals surface area contributed by atoms with Crippen LogP contribution >= 0.6 is 0 Å². The first-order chi connectivity index (χ1) is 10.6. The van der Waals surface area contributed by atoms with E-state index in [1.165, 1.54) is 13.5 Å². The highest BCUT2D eigenvalue weighted by Crippen LogP contribution is 2.29. The maximum atomic E-state index is 12.1. The number of carbonyl (C=O) groups is 2. The summed E-state index contributed by atoms with van der Waals surface area (Å²) in [4.78, 5) is 23.5. The minimum absolute atomic E-state index is 0.0301. The molecule has 1 amide bonds. The Bertz CT molecular complexity index is 413. The Balaban J connectivity index is 1.77. The molecule has 4 atom stereocenters. The fraction of sp³-hybridized carbons (Fsp3) is 0.750. The molecule has 0 spiro atoms. The summed E-state index contributed by atoms with van der Waals surface area (Å²) in [7, 11) is 1.36. The first-order valence-electron chi connectivity index (χ1n) is 8.03. The van der Waals surface area contributed by atoms with Crippen LogP contribution in [0.2, 0.25) is 0 Å². The van der Waals surface area contributed by atoms with Gasteiger partial charge in [0.2, 0.25) is 0 Å². The van der Waals surface area contributed by atoms with Crippen LogP contribution in [0.1, 0.15) is 38.5 Å². The molecule has 1 aliphatic carbocycles. The second-order valence-electron chi connectivity index (χ2n) is 6.07. The fourth-order valence-electron chi connectivity index (χ4n) is 3.32. The van der Waals surface area contributed by atoms with Crippen molar-refractivity contribution >= 4 is 12.1 Å². The second-order valence-corrected chi connectivity index (χ2v) is 6.07. The predicted octanol–water partition coefficient (Wildman–Crippen LogP) is 1.75. The van der Waals surface area contributed by atoms with Crippen molar-refractivity contribution in [2.24, 2.45) is 5.92 Å². The van der Waals surface area contributed by atoms with Crippen LogP contribution in [0.15, 0.2) is 12.7 Å². The lowest BCUT2D eigenvalue weighted by molar-refractivity contribution is -0.142. The van der Waals surface area contributed by atoms with Gasteiger partial charge in [0, 0.05) is 12.6 Å². The van der Waals surface area contributed by atoms with Crippen molar-refractivity contribution in [3.63, 3.8) is 0 Å². The van der Waals surface area contributed by atoms with E-state index in [1.807, 2.05) is 6.08 Å². The number of nitrogens with one attached hydrogen (secondary N) is 2. The lowest BCUT2D eigenvalue weighted by atomic mass is 9.84. The molecule has 1 saturated heterocycles. The Morgan fingerprint density at radius 3 is 2.86 bits per heavy atom. The van der Waals surface area contributed by atoms with E-state index in [-0.39, 0.29) is 24.2 Å². The molecule has 1 heterocycles. The lowest BCUT2D eigenvalue weighted by Gasteiger charge is -2.30. The van der Waals surface area contributed by atoms with E-state index in [2.05, 4.69) is 17.2 Å². The summed E-state index contributed by atoms with van der Waals surface area (Å²) in [5, 5.41) is 5.88. The third-order valence-corrected chi connectivity index (χ3v) is 4.51. The molecule has 0 aromatic carbocycles. The van der Waals surface area contributed by atoms with Gasteiger partial charge in [-0.15, -0.1) is 6.58 Å². The molecule has 0 radical (unpaired) electrons. The van der Waals surface area contributed by atoms with Gasteiger partial charge >= 0.3 is 12.1 Å². The van der Waals surface area contributed by atoms with Gasteiger partial charge in [-0.2, -0.15) is 0 Å². The summed E-state index contributed by atoms with van der Waals surface area (Å²) in [5.74, 6) is 0.0810. The smallest absolute Gasteiger partial charge is 0.407 e. The molecule has 3 unspecified atom stereocenters. The summed E-state index contributed by atoms with van der Waals surface area (Å²) in [5.41, 5.74) is 0. The van der Waals surface area contributed by atoms with Gasteiger partial charge in [-0.25, -0.2) is 4.79 Å². The normalized spacial score (nSPS) is 31.3. The Morgan fingerprint density at radius 2 is 2.14 bits per heavy atom. The van der Waals surface area contributed by atoms with Gasteiger partial charge in [0.1, 0.15) is 12.1 Å². The van der Waals surface area contributed by atoms with Crippen LogP contribution in [-0.2, 0) is 14.3 Å². The number of methoxy groups -OCH3 is 1. The second kappa shape index (κ2) is 8.17. The topological polar surface area (TPSA) is 76.7 Å². The molecule has 124 valence electrons. The van der Waals surface area contributed by atoms with Gasteiger partial charge in [-0.1, -0.05) is 12.5 Å². The number of rotatable bonds is 5. The minimum Gasteiger partial charge on any atom is -0.468 e. The zero-order chi connectivity index (χ0) is 15.9. The Hall–Kier alpha value is -1.56. The third-order valence-electron chi connectivity index (χ3n) is 4.51. The quantitative estimate of drug-likeness (QED) is 0.597. The molecule has 0 aromatic heterocycles. The molecule has 2 rings (SSSR count). The van der Waals surface area contributed by atoms with Crippen LogP contribution in [0.3, 0.4) is 0 Å². The number of hydrogen-bond acceptors (Lipinski definition) is 5. The average molecular weight is 310 g/mol. The van der Waals surface area contributed by atoms with E-state index >= 15 is 0 Å². The first-order valence-corrected chi connectivity index (χ1v) is 8.03. The molecule has 1 saturated carbocycles. The zero-order valence-electron chi connectivity index (χ0n) is 13.2. The average Bonchev–Trinajstić information content (AvgIpc) is 2.97.